The first-order valence-corrected chi connectivity index (χ1v) is 7.42. The lowest BCUT2D eigenvalue weighted by Crippen LogP contribution is -1.99. The van der Waals surface area contributed by atoms with Crippen molar-refractivity contribution in [1.82, 2.24) is 10.2 Å². The molecular weight excluding hydrogens is 282 g/mol. The minimum Gasteiger partial charge on any atom is -0.494 e. The van der Waals surface area contributed by atoms with Gasteiger partial charge in [0.1, 0.15) is 10.8 Å². The Labute approximate surface area is 121 Å². The van der Waals surface area contributed by atoms with Crippen LogP contribution in [-0.4, -0.2) is 23.3 Å². The minimum atomic E-state index is 0.664. The summed E-state index contributed by atoms with van der Waals surface area (Å²) in [6, 6.07) is 7.39. The van der Waals surface area contributed by atoms with Crippen LogP contribution in [0.15, 0.2) is 24.3 Å². The first kappa shape index (κ1) is 14.1. The summed E-state index contributed by atoms with van der Waals surface area (Å²) in [5.41, 5.74) is 0. The number of hydrogen-bond acceptors (Lipinski definition) is 5. The highest BCUT2D eigenvalue weighted by atomic mass is 35.5. The summed E-state index contributed by atoms with van der Waals surface area (Å²) in [6.45, 7) is 3.58. The van der Waals surface area contributed by atoms with Crippen LogP contribution in [0.4, 0.5) is 5.13 Å². The van der Waals surface area contributed by atoms with Crippen LogP contribution in [0.3, 0.4) is 0 Å². The van der Waals surface area contributed by atoms with Crippen molar-refractivity contribution in [2.75, 3.05) is 18.5 Å². The fourth-order valence-electron chi connectivity index (χ4n) is 1.52. The van der Waals surface area contributed by atoms with E-state index in [1.54, 1.807) is 11.3 Å². The van der Waals surface area contributed by atoms with Gasteiger partial charge >= 0.3 is 0 Å². The summed E-state index contributed by atoms with van der Waals surface area (Å²) in [4.78, 5) is 0. The highest BCUT2D eigenvalue weighted by molar-refractivity contribution is 7.15. The van der Waals surface area contributed by atoms with Gasteiger partial charge in [0.05, 0.1) is 6.61 Å². The molecule has 102 valence electrons. The molecule has 1 aromatic heterocycles. The van der Waals surface area contributed by atoms with E-state index in [-0.39, 0.29) is 0 Å². The van der Waals surface area contributed by atoms with Crippen molar-refractivity contribution in [3.63, 3.8) is 0 Å². The SMILES string of the molecule is CCNc1nnc(CCCOc2ccc(Cl)cc2)s1. The standard InChI is InChI=1S/C13H16ClN3OS/c1-2-15-13-17-16-12(19-13)4-3-9-18-11-7-5-10(14)6-8-11/h5-8H,2-4,9H2,1H3,(H,15,17). The van der Waals surface area contributed by atoms with Crippen molar-refractivity contribution in [2.45, 2.75) is 19.8 Å². The molecule has 0 fully saturated rings. The average molecular weight is 298 g/mol. The summed E-state index contributed by atoms with van der Waals surface area (Å²) in [7, 11) is 0. The van der Waals surface area contributed by atoms with E-state index in [0.717, 1.165) is 40.3 Å². The molecule has 0 amide bonds. The largest absolute Gasteiger partial charge is 0.494 e. The van der Waals surface area contributed by atoms with Crippen molar-refractivity contribution in [3.8, 4) is 5.75 Å². The van der Waals surface area contributed by atoms with Gasteiger partial charge in [-0.25, -0.2) is 0 Å². The van der Waals surface area contributed by atoms with Gasteiger partial charge in [-0.15, -0.1) is 10.2 Å². The molecular formula is C13H16ClN3OS. The van der Waals surface area contributed by atoms with E-state index in [9.17, 15) is 0 Å². The Balaban J connectivity index is 1.69. The molecule has 0 saturated carbocycles. The Kier molecular flexibility index (Phi) is 5.42. The highest BCUT2D eigenvalue weighted by Gasteiger charge is 2.03. The number of benzene rings is 1. The zero-order valence-corrected chi connectivity index (χ0v) is 12.3. The molecule has 0 aliphatic heterocycles. The first-order valence-electron chi connectivity index (χ1n) is 6.22. The fraction of sp³-hybridized carbons (Fsp3) is 0.385. The summed E-state index contributed by atoms with van der Waals surface area (Å²) in [6.07, 6.45) is 1.81. The van der Waals surface area contributed by atoms with Crippen LogP contribution < -0.4 is 10.1 Å². The topological polar surface area (TPSA) is 47.0 Å². The van der Waals surface area contributed by atoms with E-state index in [0.29, 0.717) is 6.61 Å². The Morgan fingerprint density at radius 2 is 2.05 bits per heavy atom. The van der Waals surface area contributed by atoms with E-state index in [2.05, 4.69) is 15.5 Å². The third-order valence-electron chi connectivity index (χ3n) is 2.41. The van der Waals surface area contributed by atoms with E-state index in [4.69, 9.17) is 16.3 Å². The third kappa shape index (κ3) is 4.69. The van der Waals surface area contributed by atoms with Gasteiger partial charge in [-0.3, -0.25) is 0 Å². The van der Waals surface area contributed by atoms with Crippen LogP contribution in [0, 0.1) is 0 Å². The zero-order valence-electron chi connectivity index (χ0n) is 10.7. The monoisotopic (exact) mass is 297 g/mol. The molecule has 1 aromatic carbocycles. The third-order valence-corrected chi connectivity index (χ3v) is 3.60. The lowest BCUT2D eigenvalue weighted by Gasteiger charge is -2.04. The maximum Gasteiger partial charge on any atom is 0.205 e. The van der Waals surface area contributed by atoms with Gasteiger partial charge in [-0.05, 0) is 37.6 Å². The van der Waals surface area contributed by atoms with Crippen LogP contribution in [-0.2, 0) is 6.42 Å². The first-order chi connectivity index (χ1) is 9.28. The van der Waals surface area contributed by atoms with E-state index >= 15 is 0 Å². The zero-order chi connectivity index (χ0) is 13.5. The smallest absolute Gasteiger partial charge is 0.205 e. The van der Waals surface area contributed by atoms with Gasteiger partial charge in [0, 0.05) is 18.0 Å². The van der Waals surface area contributed by atoms with Crippen LogP contribution >= 0.6 is 22.9 Å². The lowest BCUT2D eigenvalue weighted by molar-refractivity contribution is 0.311. The minimum absolute atomic E-state index is 0.664. The van der Waals surface area contributed by atoms with Crippen molar-refractivity contribution in [1.29, 1.82) is 0 Å². The predicted molar refractivity (Wildman–Crippen MR) is 79.3 cm³/mol. The molecule has 6 heteroatoms. The van der Waals surface area contributed by atoms with Gasteiger partial charge in [-0.1, -0.05) is 22.9 Å². The normalized spacial score (nSPS) is 10.4. The van der Waals surface area contributed by atoms with Crippen molar-refractivity contribution >= 4 is 28.1 Å². The Morgan fingerprint density at radius 3 is 2.79 bits per heavy atom. The van der Waals surface area contributed by atoms with Crippen molar-refractivity contribution in [3.05, 3.63) is 34.3 Å². The fourth-order valence-corrected chi connectivity index (χ4v) is 2.50. The van der Waals surface area contributed by atoms with Gasteiger partial charge in [0.25, 0.3) is 0 Å². The molecule has 1 heterocycles. The number of aryl methyl sites for hydroxylation is 1. The molecule has 0 saturated heterocycles. The molecule has 0 aliphatic rings. The van der Waals surface area contributed by atoms with Gasteiger partial charge < -0.3 is 10.1 Å². The average Bonchev–Trinajstić information content (AvgIpc) is 2.85. The number of rotatable bonds is 7. The second-order valence-electron chi connectivity index (χ2n) is 3.94. The number of nitrogens with one attached hydrogen (secondary N) is 1. The summed E-state index contributed by atoms with van der Waals surface area (Å²) in [5, 5.41) is 14.0. The Morgan fingerprint density at radius 1 is 1.26 bits per heavy atom. The molecule has 2 aromatic rings. The number of halogens is 1. The molecule has 0 aliphatic carbocycles. The van der Waals surface area contributed by atoms with Crippen LogP contribution in [0.1, 0.15) is 18.4 Å². The lowest BCUT2D eigenvalue weighted by atomic mass is 10.3. The van der Waals surface area contributed by atoms with Crippen molar-refractivity contribution < 1.29 is 4.74 Å². The Bertz CT molecular complexity index is 501. The van der Waals surface area contributed by atoms with Crippen LogP contribution in [0.5, 0.6) is 5.75 Å². The van der Waals surface area contributed by atoms with Gasteiger partial charge in [0.2, 0.25) is 5.13 Å². The molecule has 2 rings (SSSR count). The number of nitrogens with zero attached hydrogens (tertiary/aromatic N) is 2. The second-order valence-corrected chi connectivity index (χ2v) is 5.44. The van der Waals surface area contributed by atoms with Crippen molar-refractivity contribution in [2.24, 2.45) is 0 Å². The van der Waals surface area contributed by atoms with Crippen LogP contribution in [0.25, 0.3) is 0 Å². The van der Waals surface area contributed by atoms with Gasteiger partial charge in [-0.2, -0.15) is 0 Å². The Hall–Kier alpha value is -1.33. The summed E-state index contributed by atoms with van der Waals surface area (Å²) < 4.78 is 5.62. The summed E-state index contributed by atoms with van der Waals surface area (Å²) in [5.74, 6) is 0.843. The van der Waals surface area contributed by atoms with Crippen LogP contribution in [0.2, 0.25) is 5.02 Å². The maximum absolute atomic E-state index is 5.81. The molecule has 0 radical (unpaired) electrons. The molecule has 0 spiro atoms. The van der Waals surface area contributed by atoms with E-state index in [1.807, 2.05) is 31.2 Å². The van der Waals surface area contributed by atoms with E-state index in [1.165, 1.54) is 0 Å². The number of aromatic nitrogens is 2. The quantitative estimate of drug-likeness (QED) is 0.793. The second kappa shape index (κ2) is 7.31. The summed E-state index contributed by atoms with van der Waals surface area (Å²) >= 11 is 7.41. The number of anilines is 1. The van der Waals surface area contributed by atoms with Gasteiger partial charge in [0.15, 0.2) is 0 Å². The molecule has 0 unspecified atom stereocenters. The number of hydrogen-bond donors (Lipinski definition) is 1. The predicted octanol–water partition coefficient (Wildman–Crippen LogP) is 3.63. The molecule has 4 nitrogen and oxygen atoms in total. The molecule has 0 atom stereocenters. The molecule has 19 heavy (non-hydrogen) atoms. The van der Waals surface area contributed by atoms with E-state index < -0.39 is 0 Å². The molecule has 0 bridgehead atoms. The maximum atomic E-state index is 5.81. The highest BCUT2D eigenvalue weighted by Crippen LogP contribution is 2.18. The molecule has 1 N–H and O–H groups in total. The number of ether oxygens (including phenoxy) is 1.